The molecular weight excluding hydrogens is 422 g/mol. The van der Waals surface area contributed by atoms with Crippen LogP contribution in [0.4, 0.5) is 23.2 Å². The van der Waals surface area contributed by atoms with Crippen molar-refractivity contribution in [3.63, 3.8) is 0 Å². The lowest BCUT2D eigenvalue weighted by Crippen LogP contribution is -2.22. The smallest absolute Gasteiger partial charge is 0.419 e. The van der Waals surface area contributed by atoms with Gasteiger partial charge in [-0.1, -0.05) is 6.07 Å². The average molecular weight is 437 g/mol. The van der Waals surface area contributed by atoms with Crippen LogP contribution in [0.1, 0.15) is 18.1 Å². The monoisotopic (exact) mass is 437 g/mol. The van der Waals surface area contributed by atoms with Crippen LogP contribution in [0.3, 0.4) is 0 Å². The number of alkyl halides is 3. The lowest BCUT2D eigenvalue weighted by Gasteiger charge is -2.12. The van der Waals surface area contributed by atoms with Crippen molar-refractivity contribution in [2.75, 3.05) is 11.9 Å². The number of ether oxygens (including phenoxy) is 1. The van der Waals surface area contributed by atoms with Crippen molar-refractivity contribution in [2.45, 2.75) is 19.6 Å². The van der Waals surface area contributed by atoms with E-state index in [2.05, 4.69) is 15.0 Å². The number of carbonyl (C=O) groups excluding carboxylic acids is 2. The highest BCUT2D eigenvalue weighted by atomic mass is 19.4. The number of esters is 1. The molecule has 1 heterocycles. The minimum absolute atomic E-state index is 0.0582. The van der Waals surface area contributed by atoms with E-state index in [-0.39, 0.29) is 23.2 Å². The van der Waals surface area contributed by atoms with Gasteiger partial charge in [0, 0.05) is 12.6 Å². The van der Waals surface area contributed by atoms with Crippen LogP contribution in [0.25, 0.3) is 10.9 Å². The highest BCUT2D eigenvalue weighted by molar-refractivity contribution is 5.94. The first-order chi connectivity index (χ1) is 14.5. The number of rotatable bonds is 5. The molecule has 0 aliphatic rings. The maximum atomic E-state index is 13.5. The molecule has 0 fully saturated rings. The van der Waals surface area contributed by atoms with Crippen molar-refractivity contribution >= 4 is 28.5 Å². The van der Waals surface area contributed by atoms with Crippen molar-refractivity contribution in [3.05, 3.63) is 70.0 Å². The van der Waals surface area contributed by atoms with Gasteiger partial charge in [-0.05, 0) is 35.9 Å². The minimum atomic E-state index is -4.87. The Hall–Kier alpha value is -3.76. The Morgan fingerprint density at radius 2 is 1.90 bits per heavy atom. The number of hydrogen-bond acceptors (Lipinski definition) is 5. The molecular formula is C20H15F4N3O4. The van der Waals surface area contributed by atoms with Gasteiger partial charge in [-0.2, -0.15) is 13.2 Å². The number of nitrogens with zero attached hydrogens (tertiary/aromatic N) is 2. The molecule has 2 aromatic carbocycles. The molecule has 0 saturated heterocycles. The van der Waals surface area contributed by atoms with E-state index < -0.39 is 41.6 Å². The Kier molecular flexibility index (Phi) is 6.04. The molecule has 1 amide bonds. The molecule has 1 aromatic heterocycles. The van der Waals surface area contributed by atoms with Gasteiger partial charge in [0.05, 0.1) is 29.3 Å². The van der Waals surface area contributed by atoms with Gasteiger partial charge in [0.2, 0.25) is 0 Å². The van der Waals surface area contributed by atoms with Crippen LogP contribution >= 0.6 is 0 Å². The molecule has 7 nitrogen and oxygen atoms in total. The topological polar surface area (TPSA) is 90.3 Å². The van der Waals surface area contributed by atoms with E-state index in [4.69, 9.17) is 0 Å². The largest absolute Gasteiger partial charge is 0.456 e. The number of fused-ring (bicyclic) bond motifs is 1. The summed E-state index contributed by atoms with van der Waals surface area (Å²) in [5, 5.41) is 2.56. The van der Waals surface area contributed by atoms with Gasteiger partial charge in [0.15, 0.2) is 6.61 Å². The summed E-state index contributed by atoms with van der Waals surface area (Å²) >= 11 is 0. The Morgan fingerprint density at radius 1 is 1.16 bits per heavy atom. The maximum absolute atomic E-state index is 13.5. The number of benzene rings is 2. The molecule has 0 spiro atoms. The van der Waals surface area contributed by atoms with Crippen LogP contribution < -0.4 is 10.9 Å². The van der Waals surface area contributed by atoms with Gasteiger partial charge in [-0.3, -0.25) is 19.0 Å². The van der Waals surface area contributed by atoms with Gasteiger partial charge in [0.25, 0.3) is 11.5 Å². The third-order valence-corrected chi connectivity index (χ3v) is 4.20. The van der Waals surface area contributed by atoms with E-state index >= 15 is 0 Å². The van der Waals surface area contributed by atoms with Crippen LogP contribution in [0.5, 0.6) is 0 Å². The molecule has 162 valence electrons. The zero-order valence-electron chi connectivity index (χ0n) is 16.0. The molecule has 31 heavy (non-hydrogen) atoms. The van der Waals surface area contributed by atoms with Crippen molar-refractivity contribution in [3.8, 4) is 0 Å². The number of carbonyl (C=O) groups is 2. The first-order valence-corrected chi connectivity index (χ1v) is 8.82. The quantitative estimate of drug-likeness (QED) is 0.489. The summed E-state index contributed by atoms with van der Waals surface area (Å²) in [7, 11) is 0. The summed E-state index contributed by atoms with van der Waals surface area (Å²) in [5.74, 6) is -2.66. The standard InChI is InChI=1S/C20H15F4N3O4/c1-11(28)31-9-18(29)26-13-3-5-17-14(7-13)19(30)27(10-25-17)8-12-2-4-16(21)15(6-12)20(22,23)24/h2-7,10H,8-9H2,1H3,(H,26,29). The van der Waals surface area contributed by atoms with E-state index in [0.717, 1.165) is 17.6 Å². The molecule has 1 N–H and O–H groups in total. The molecule has 0 aliphatic carbocycles. The third kappa shape index (κ3) is 5.24. The molecule has 0 radical (unpaired) electrons. The summed E-state index contributed by atoms with van der Waals surface area (Å²) in [6, 6.07) is 6.78. The van der Waals surface area contributed by atoms with Crippen LogP contribution in [0.15, 0.2) is 47.5 Å². The Bertz CT molecular complexity index is 1220. The highest BCUT2D eigenvalue weighted by Gasteiger charge is 2.34. The van der Waals surface area contributed by atoms with Gasteiger partial charge < -0.3 is 10.1 Å². The fourth-order valence-electron chi connectivity index (χ4n) is 2.80. The molecule has 0 atom stereocenters. The summed E-state index contributed by atoms with van der Waals surface area (Å²) in [6.07, 6.45) is -3.70. The molecule has 11 heteroatoms. The fraction of sp³-hybridized carbons (Fsp3) is 0.200. The van der Waals surface area contributed by atoms with Gasteiger partial charge >= 0.3 is 12.1 Å². The first-order valence-electron chi connectivity index (χ1n) is 8.82. The first kappa shape index (κ1) is 21.9. The predicted octanol–water partition coefficient (Wildman–Crippen LogP) is 3.10. The normalized spacial score (nSPS) is 11.4. The minimum Gasteiger partial charge on any atom is -0.456 e. The van der Waals surface area contributed by atoms with Crippen LogP contribution in [-0.4, -0.2) is 28.0 Å². The second-order valence-electron chi connectivity index (χ2n) is 6.55. The van der Waals surface area contributed by atoms with Gasteiger partial charge in [0.1, 0.15) is 5.82 Å². The Labute approximate surface area is 172 Å². The molecule has 3 rings (SSSR count). The van der Waals surface area contributed by atoms with E-state index in [1.54, 1.807) is 0 Å². The number of amides is 1. The molecule has 0 unspecified atom stereocenters. The Morgan fingerprint density at radius 3 is 2.58 bits per heavy atom. The summed E-state index contributed by atoms with van der Waals surface area (Å²) < 4.78 is 57.9. The third-order valence-electron chi connectivity index (χ3n) is 4.20. The van der Waals surface area contributed by atoms with E-state index in [9.17, 15) is 31.9 Å². The number of halogens is 4. The number of anilines is 1. The summed E-state index contributed by atoms with van der Waals surface area (Å²) in [6.45, 7) is 0.376. The summed E-state index contributed by atoms with van der Waals surface area (Å²) in [5.41, 5.74) is -1.40. The van der Waals surface area contributed by atoms with Crippen LogP contribution in [-0.2, 0) is 27.0 Å². The highest BCUT2D eigenvalue weighted by Crippen LogP contribution is 2.32. The van der Waals surface area contributed by atoms with Gasteiger partial charge in [-0.15, -0.1) is 0 Å². The lowest BCUT2D eigenvalue weighted by atomic mass is 10.1. The van der Waals surface area contributed by atoms with Crippen molar-refractivity contribution in [2.24, 2.45) is 0 Å². The van der Waals surface area contributed by atoms with Crippen molar-refractivity contribution in [1.29, 1.82) is 0 Å². The molecule has 0 aliphatic heterocycles. The van der Waals surface area contributed by atoms with Crippen LogP contribution in [0.2, 0.25) is 0 Å². The zero-order valence-corrected chi connectivity index (χ0v) is 16.0. The number of hydrogen-bond donors (Lipinski definition) is 1. The van der Waals surface area contributed by atoms with Crippen molar-refractivity contribution in [1.82, 2.24) is 9.55 Å². The van der Waals surface area contributed by atoms with E-state index in [0.29, 0.717) is 17.6 Å². The van der Waals surface area contributed by atoms with E-state index in [1.807, 2.05) is 0 Å². The second kappa shape index (κ2) is 8.54. The lowest BCUT2D eigenvalue weighted by molar-refractivity contribution is -0.145. The number of aromatic nitrogens is 2. The molecule has 0 saturated carbocycles. The average Bonchev–Trinajstić information content (AvgIpc) is 2.69. The SMILES string of the molecule is CC(=O)OCC(=O)Nc1ccc2ncn(Cc3ccc(F)c(C(F)(F)F)c3)c(=O)c2c1. The second-order valence-corrected chi connectivity index (χ2v) is 6.55. The van der Waals surface area contributed by atoms with Crippen LogP contribution in [0, 0.1) is 5.82 Å². The molecule has 3 aromatic rings. The van der Waals surface area contributed by atoms with E-state index in [1.165, 1.54) is 24.5 Å². The number of nitrogens with one attached hydrogen (secondary N) is 1. The Balaban J connectivity index is 1.89. The van der Waals surface area contributed by atoms with Gasteiger partial charge in [-0.25, -0.2) is 9.37 Å². The van der Waals surface area contributed by atoms with Crippen molar-refractivity contribution < 1.29 is 31.9 Å². The zero-order chi connectivity index (χ0) is 22.8. The summed E-state index contributed by atoms with van der Waals surface area (Å²) in [4.78, 5) is 39.4. The fourth-order valence-corrected chi connectivity index (χ4v) is 2.80. The maximum Gasteiger partial charge on any atom is 0.419 e. The molecule has 0 bridgehead atoms. The predicted molar refractivity (Wildman–Crippen MR) is 102 cm³/mol.